The van der Waals surface area contributed by atoms with Crippen LogP contribution in [0.5, 0.6) is 5.75 Å². The maximum absolute atomic E-state index is 12.2. The summed E-state index contributed by atoms with van der Waals surface area (Å²) in [5.41, 5.74) is 5.02. The predicted molar refractivity (Wildman–Crippen MR) is 126 cm³/mol. The van der Waals surface area contributed by atoms with Crippen LogP contribution < -0.4 is 10.2 Å². The Kier molecular flexibility index (Phi) is 6.35. The minimum absolute atomic E-state index is 0.217. The van der Waals surface area contributed by atoms with E-state index in [4.69, 9.17) is 20.8 Å². The van der Waals surface area contributed by atoms with Crippen LogP contribution in [-0.4, -0.2) is 12.1 Å². The van der Waals surface area contributed by atoms with Crippen LogP contribution in [0.25, 0.3) is 11.0 Å². The van der Waals surface area contributed by atoms with Crippen LogP contribution in [0, 0.1) is 3.57 Å². The summed E-state index contributed by atoms with van der Waals surface area (Å²) in [5.74, 6) is 0.586. The molecule has 5 nitrogen and oxygen atoms in total. The van der Waals surface area contributed by atoms with Crippen LogP contribution in [0.3, 0.4) is 0 Å². The Morgan fingerprint density at radius 1 is 1.10 bits per heavy atom. The van der Waals surface area contributed by atoms with Crippen molar-refractivity contribution in [2.75, 3.05) is 0 Å². The Hall–Kier alpha value is -2.84. The van der Waals surface area contributed by atoms with Crippen molar-refractivity contribution in [1.82, 2.24) is 5.43 Å². The van der Waals surface area contributed by atoms with Gasteiger partial charge in [-0.15, -0.1) is 0 Å². The summed E-state index contributed by atoms with van der Waals surface area (Å²) < 4.78 is 12.3. The van der Waals surface area contributed by atoms with Crippen molar-refractivity contribution in [1.29, 1.82) is 0 Å². The molecule has 0 spiro atoms. The lowest BCUT2D eigenvalue weighted by Gasteiger charge is -2.09. The van der Waals surface area contributed by atoms with Crippen LogP contribution in [0.1, 0.15) is 21.7 Å². The number of hydrogen-bond donors (Lipinski definition) is 1. The van der Waals surface area contributed by atoms with E-state index < -0.39 is 5.91 Å². The smallest absolute Gasteiger partial charge is 0.307 e. The number of hydrogen-bond acceptors (Lipinski definition) is 4. The van der Waals surface area contributed by atoms with E-state index in [0.29, 0.717) is 17.2 Å². The van der Waals surface area contributed by atoms with Crippen LogP contribution in [0.2, 0.25) is 5.02 Å². The molecule has 0 fully saturated rings. The zero-order valence-electron chi connectivity index (χ0n) is 15.6. The van der Waals surface area contributed by atoms with Gasteiger partial charge in [0.25, 0.3) is 0 Å². The van der Waals surface area contributed by atoms with Crippen molar-refractivity contribution in [2.24, 2.45) is 5.10 Å². The Morgan fingerprint density at radius 3 is 2.67 bits per heavy atom. The third-order valence-electron chi connectivity index (χ3n) is 4.29. The minimum atomic E-state index is -0.403. The van der Waals surface area contributed by atoms with Crippen molar-refractivity contribution >= 4 is 57.3 Å². The number of rotatable bonds is 6. The van der Waals surface area contributed by atoms with E-state index in [9.17, 15) is 4.79 Å². The molecule has 0 saturated heterocycles. The lowest BCUT2D eigenvalue weighted by Crippen LogP contribution is -2.16. The highest BCUT2D eigenvalue weighted by molar-refractivity contribution is 14.1. The number of nitrogens with one attached hydrogen (secondary N) is 1. The fourth-order valence-electron chi connectivity index (χ4n) is 2.77. The van der Waals surface area contributed by atoms with Gasteiger partial charge in [-0.2, -0.15) is 5.10 Å². The molecule has 30 heavy (non-hydrogen) atoms. The van der Waals surface area contributed by atoms with Gasteiger partial charge in [0.15, 0.2) is 5.76 Å². The van der Waals surface area contributed by atoms with Gasteiger partial charge in [-0.1, -0.05) is 41.9 Å². The molecule has 0 aliphatic rings. The Labute approximate surface area is 191 Å². The summed E-state index contributed by atoms with van der Waals surface area (Å²) in [5, 5.41) is 5.59. The predicted octanol–water partition coefficient (Wildman–Crippen LogP) is 6.03. The Morgan fingerprint density at radius 2 is 1.90 bits per heavy atom. The lowest BCUT2D eigenvalue weighted by atomic mass is 10.2. The summed E-state index contributed by atoms with van der Waals surface area (Å²) in [4.78, 5) is 12.2. The summed E-state index contributed by atoms with van der Waals surface area (Å²) >= 11 is 8.11. The maximum Gasteiger partial charge on any atom is 0.307 e. The quantitative estimate of drug-likeness (QED) is 0.188. The molecule has 0 aliphatic carbocycles. The van der Waals surface area contributed by atoms with E-state index >= 15 is 0 Å². The molecule has 0 unspecified atom stereocenters. The first-order valence-electron chi connectivity index (χ1n) is 9.07. The van der Waals surface area contributed by atoms with Gasteiger partial charge in [0.05, 0.1) is 9.78 Å². The first-order chi connectivity index (χ1) is 14.6. The molecular weight excluding hydrogens is 515 g/mol. The molecule has 0 atom stereocenters. The number of benzene rings is 3. The summed E-state index contributed by atoms with van der Waals surface area (Å²) in [6, 6.07) is 22.3. The van der Waals surface area contributed by atoms with Gasteiger partial charge in [-0.05, 0) is 76.2 Å². The molecule has 1 heterocycles. The van der Waals surface area contributed by atoms with E-state index in [1.165, 1.54) is 0 Å². The molecule has 0 saturated carbocycles. The number of nitrogens with zero attached hydrogens (tertiary/aromatic N) is 1. The van der Waals surface area contributed by atoms with Gasteiger partial charge in [-0.25, -0.2) is 5.43 Å². The minimum Gasteiger partial charge on any atom is -0.488 e. The monoisotopic (exact) mass is 530 g/mol. The van der Waals surface area contributed by atoms with E-state index in [1.54, 1.807) is 12.3 Å². The van der Waals surface area contributed by atoms with Gasteiger partial charge in [0, 0.05) is 10.4 Å². The largest absolute Gasteiger partial charge is 0.488 e. The fourth-order valence-corrected chi connectivity index (χ4v) is 3.59. The van der Waals surface area contributed by atoms with E-state index in [0.717, 1.165) is 25.8 Å². The molecule has 4 rings (SSSR count). The third kappa shape index (κ3) is 5.01. The highest BCUT2D eigenvalue weighted by atomic mass is 127. The second kappa shape index (κ2) is 9.32. The van der Waals surface area contributed by atoms with Crippen molar-refractivity contribution in [3.05, 3.63) is 98.3 Å². The SMILES string of the molecule is O=C(N/N=C/c1ccc(OCc2ccc(Cl)cc2)c(I)c1)c1cc2ccccc2o1. The molecule has 0 radical (unpaired) electrons. The van der Waals surface area contributed by atoms with E-state index in [2.05, 4.69) is 33.1 Å². The first kappa shape index (κ1) is 20.4. The van der Waals surface area contributed by atoms with Crippen molar-refractivity contribution in [3.63, 3.8) is 0 Å². The maximum atomic E-state index is 12.2. The number of para-hydroxylation sites is 1. The average Bonchev–Trinajstić information content (AvgIpc) is 3.19. The topological polar surface area (TPSA) is 63.8 Å². The van der Waals surface area contributed by atoms with Gasteiger partial charge in [0.2, 0.25) is 0 Å². The number of halogens is 2. The Balaban J connectivity index is 1.36. The molecule has 0 bridgehead atoms. The normalized spacial score (nSPS) is 11.1. The van der Waals surface area contributed by atoms with Gasteiger partial charge < -0.3 is 9.15 Å². The van der Waals surface area contributed by atoms with Crippen LogP contribution >= 0.6 is 34.2 Å². The summed E-state index contributed by atoms with van der Waals surface area (Å²) in [6.07, 6.45) is 1.58. The number of ether oxygens (including phenoxy) is 1. The lowest BCUT2D eigenvalue weighted by molar-refractivity contribution is 0.0929. The molecule has 1 amide bonds. The standard InChI is InChI=1S/C23H16ClIN2O3/c24-18-8-5-15(6-9-18)14-29-21-10-7-16(11-19(21)25)13-26-27-23(28)22-12-17-3-1-2-4-20(17)30-22/h1-13H,14H2,(H,27,28)/b26-13+. The second-order valence-electron chi connectivity index (χ2n) is 6.45. The molecule has 3 aromatic carbocycles. The fraction of sp³-hybridized carbons (Fsp3) is 0.0435. The van der Waals surface area contributed by atoms with Gasteiger partial charge in [-0.3, -0.25) is 4.79 Å². The van der Waals surface area contributed by atoms with E-state index in [1.807, 2.05) is 66.7 Å². The highest BCUT2D eigenvalue weighted by Crippen LogP contribution is 2.23. The van der Waals surface area contributed by atoms with Crippen molar-refractivity contribution in [3.8, 4) is 5.75 Å². The first-order valence-corrected chi connectivity index (χ1v) is 10.5. The summed E-state index contributed by atoms with van der Waals surface area (Å²) in [6.45, 7) is 0.453. The molecular formula is C23H16ClIN2O3. The number of carbonyl (C=O) groups excluding carboxylic acids is 1. The molecule has 150 valence electrons. The number of amides is 1. The zero-order valence-corrected chi connectivity index (χ0v) is 18.6. The van der Waals surface area contributed by atoms with Crippen LogP contribution in [-0.2, 0) is 6.61 Å². The van der Waals surface area contributed by atoms with Crippen LogP contribution in [0.15, 0.2) is 82.3 Å². The number of fused-ring (bicyclic) bond motifs is 1. The second-order valence-corrected chi connectivity index (χ2v) is 8.05. The number of carbonyl (C=O) groups is 1. The number of hydrazone groups is 1. The highest BCUT2D eigenvalue weighted by Gasteiger charge is 2.11. The zero-order chi connectivity index (χ0) is 20.9. The molecule has 0 aliphatic heterocycles. The van der Waals surface area contributed by atoms with E-state index in [-0.39, 0.29) is 5.76 Å². The number of furan rings is 1. The molecule has 1 aromatic heterocycles. The average molecular weight is 531 g/mol. The summed E-state index contributed by atoms with van der Waals surface area (Å²) in [7, 11) is 0. The van der Waals surface area contributed by atoms with Gasteiger partial charge in [0.1, 0.15) is 17.9 Å². The molecule has 1 N–H and O–H groups in total. The van der Waals surface area contributed by atoms with Crippen LogP contribution in [0.4, 0.5) is 0 Å². The van der Waals surface area contributed by atoms with Crippen molar-refractivity contribution < 1.29 is 13.9 Å². The van der Waals surface area contributed by atoms with Gasteiger partial charge >= 0.3 is 5.91 Å². The third-order valence-corrected chi connectivity index (χ3v) is 5.39. The van der Waals surface area contributed by atoms with Crippen molar-refractivity contribution in [2.45, 2.75) is 6.61 Å². The molecule has 7 heteroatoms. The Bertz CT molecular complexity index is 1190. The molecule has 4 aromatic rings.